The van der Waals surface area contributed by atoms with Crippen molar-refractivity contribution in [2.45, 2.75) is 13.0 Å². The Kier molecular flexibility index (Phi) is 6.08. The van der Waals surface area contributed by atoms with Crippen molar-refractivity contribution >= 4 is 23.6 Å². The maximum Gasteiger partial charge on any atom is 0.331 e. The Morgan fingerprint density at radius 2 is 1.93 bits per heavy atom. The summed E-state index contributed by atoms with van der Waals surface area (Å²) in [5.74, 6) is -0.657. The first-order valence-electron chi connectivity index (χ1n) is 8.71. The van der Waals surface area contributed by atoms with E-state index in [1.807, 2.05) is 37.3 Å². The SMILES string of the molecule is C[C@H](NC(=O)COC(=O)/C=C/c1cc2c(cc1[N+](=O)[O-])OCO2)c1ccccc1. The third-order valence-corrected chi connectivity index (χ3v) is 4.14. The molecule has 0 bridgehead atoms. The van der Waals surface area contributed by atoms with Crippen molar-refractivity contribution in [1.29, 1.82) is 0 Å². The summed E-state index contributed by atoms with van der Waals surface area (Å²) >= 11 is 0. The maximum absolute atomic E-state index is 11.9. The summed E-state index contributed by atoms with van der Waals surface area (Å²) in [6.07, 6.45) is 2.24. The summed E-state index contributed by atoms with van der Waals surface area (Å²) in [4.78, 5) is 34.4. The number of nitro groups is 1. The normalized spacial score (nSPS) is 13.1. The Morgan fingerprint density at radius 3 is 2.62 bits per heavy atom. The highest BCUT2D eigenvalue weighted by Gasteiger charge is 2.22. The maximum atomic E-state index is 11.9. The molecule has 0 radical (unpaired) electrons. The van der Waals surface area contributed by atoms with Crippen LogP contribution < -0.4 is 14.8 Å². The molecular weight excluding hydrogens is 380 g/mol. The summed E-state index contributed by atoms with van der Waals surface area (Å²) in [5.41, 5.74) is 0.827. The summed E-state index contributed by atoms with van der Waals surface area (Å²) in [7, 11) is 0. The number of hydrogen-bond donors (Lipinski definition) is 1. The number of amides is 1. The molecule has 0 unspecified atom stereocenters. The molecule has 2 aromatic carbocycles. The quantitative estimate of drug-likeness (QED) is 0.330. The van der Waals surface area contributed by atoms with Crippen LogP contribution in [0.1, 0.15) is 24.1 Å². The molecule has 1 N–H and O–H groups in total. The number of esters is 1. The van der Waals surface area contributed by atoms with Crippen molar-refractivity contribution in [3.05, 3.63) is 69.8 Å². The summed E-state index contributed by atoms with van der Waals surface area (Å²) in [6.45, 7) is 1.31. The lowest BCUT2D eigenvalue weighted by atomic mass is 10.1. The fourth-order valence-corrected chi connectivity index (χ4v) is 2.69. The average Bonchev–Trinajstić information content (AvgIpc) is 3.18. The topological polar surface area (TPSA) is 117 Å². The van der Waals surface area contributed by atoms with Gasteiger partial charge < -0.3 is 19.5 Å². The first-order chi connectivity index (χ1) is 13.9. The van der Waals surface area contributed by atoms with E-state index in [2.05, 4.69) is 5.32 Å². The third kappa shape index (κ3) is 5.10. The number of hydrogen-bond acceptors (Lipinski definition) is 7. The number of carbonyl (C=O) groups excluding carboxylic acids is 2. The van der Waals surface area contributed by atoms with E-state index < -0.39 is 23.4 Å². The van der Waals surface area contributed by atoms with Gasteiger partial charge >= 0.3 is 5.97 Å². The number of nitrogens with one attached hydrogen (secondary N) is 1. The molecule has 0 saturated heterocycles. The van der Waals surface area contributed by atoms with E-state index in [0.29, 0.717) is 5.75 Å². The first kappa shape index (κ1) is 19.9. The van der Waals surface area contributed by atoms with Crippen LogP contribution in [0.15, 0.2) is 48.5 Å². The molecule has 1 aliphatic heterocycles. The lowest BCUT2D eigenvalue weighted by Gasteiger charge is -2.13. The molecule has 0 spiro atoms. The van der Waals surface area contributed by atoms with Crippen molar-refractivity contribution < 1.29 is 28.7 Å². The van der Waals surface area contributed by atoms with Gasteiger partial charge in [0.25, 0.3) is 11.6 Å². The van der Waals surface area contributed by atoms with Crippen molar-refractivity contribution in [3.8, 4) is 11.5 Å². The van der Waals surface area contributed by atoms with Gasteiger partial charge in [-0.1, -0.05) is 30.3 Å². The zero-order valence-corrected chi connectivity index (χ0v) is 15.5. The van der Waals surface area contributed by atoms with Crippen LogP contribution in [0.3, 0.4) is 0 Å². The Balaban J connectivity index is 1.56. The van der Waals surface area contributed by atoms with Gasteiger partial charge in [0.1, 0.15) is 0 Å². The largest absolute Gasteiger partial charge is 0.454 e. The highest BCUT2D eigenvalue weighted by Crippen LogP contribution is 2.38. The zero-order chi connectivity index (χ0) is 20.8. The molecule has 0 aliphatic carbocycles. The van der Waals surface area contributed by atoms with Crippen LogP contribution in [0.5, 0.6) is 11.5 Å². The van der Waals surface area contributed by atoms with Crippen molar-refractivity contribution in [2.75, 3.05) is 13.4 Å². The number of rotatable bonds is 7. The molecule has 0 fully saturated rings. The van der Waals surface area contributed by atoms with Crippen molar-refractivity contribution in [2.24, 2.45) is 0 Å². The van der Waals surface area contributed by atoms with E-state index >= 15 is 0 Å². The summed E-state index contributed by atoms with van der Waals surface area (Å²) < 4.78 is 15.2. The van der Waals surface area contributed by atoms with Crippen molar-refractivity contribution in [1.82, 2.24) is 5.32 Å². The molecule has 150 valence electrons. The Hall–Kier alpha value is -3.88. The van der Waals surface area contributed by atoms with Gasteiger partial charge in [0.05, 0.1) is 22.6 Å². The standard InChI is InChI=1S/C20H18N2O7/c1-13(14-5-3-2-4-6-14)21-19(23)11-27-20(24)8-7-15-9-17-18(29-12-28-17)10-16(15)22(25)26/h2-10,13H,11-12H2,1H3,(H,21,23)/b8-7+/t13-/m0/s1. The fourth-order valence-electron chi connectivity index (χ4n) is 2.69. The first-order valence-corrected chi connectivity index (χ1v) is 8.71. The molecule has 0 aromatic heterocycles. The van der Waals surface area contributed by atoms with Gasteiger partial charge in [0.2, 0.25) is 6.79 Å². The predicted octanol–water partition coefficient (Wildman–Crippen LogP) is 2.76. The highest BCUT2D eigenvalue weighted by atomic mass is 16.7. The van der Waals surface area contributed by atoms with E-state index in [1.165, 1.54) is 18.2 Å². The number of carbonyl (C=O) groups is 2. The van der Waals surface area contributed by atoms with E-state index in [0.717, 1.165) is 11.6 Å². The number of ether oxygens (including phenoxy) is 3. The number of nitro benzene ring substituents is 1. The second-order valence-corrected chi connectivity index (χ2v) is 6.16. The van der Waals surface area contributed by atoms with E-state index in [9.17, 15) is 19.7 Å². The minimum atomic E-state index is -0.806. The highest BCUT2D eigenvalue weighted by molar-refractivity contribution is 5.90. The van der Waals surface area contributed by atoms with Gasteiger partial charge in [-0.15, -0.1) is 0 Å². The van der Waals surface area contributed by atoms with Crippen LogP contribution in [0.25, 0.3) is 6.08 Å². The summed E-state index contributed by atoms with van der Waals surface area (Å²) in [5, 5.41) is 13.9. The second kappa shape index (κ2) is 8.87. The molecule has 9 heteroatoms. The third-order valence-electron chi connectivity index (χ3n) is 4.14. The Bertz CT molecular complexity index is 957. The van der Waals surface area contributed by atoms with E-state index in [-0.39, 0.29) is 29.8 Å². The van der Waals surface area contributed by atoms with E-state index in [1.54, 1.807) is 0 Å². The van der Waals surface area contributed by atoms with Gasteiger partial charge in [0, 0.05) is 6.08 Å². The summed E-state index contributed by atoms with van der Waals surface area (Å²) in [6, 6.07) is 11.7. The molecule has 9 nitrogen and oxygen atoms in total. The number of fused-ring (bicyclic) bond motifs is 1. The van der Waals surface area contributed by atoms with Gasteiger partial charge in [-0.25, -0.2) is 4.79 Å². The molecule has 29 heavy (non-hydrogen) atoms. The monoisotopic (exact) mass is 398 g/mol. The molecule has 1 atom stereocenters. The van der Waals surface area contributed by atoms with Gasteiger partial charge in [-0.05, 0) is 24.6 Å². The smallest absolute Gasteiger partial charge is 0.331 e. The molecule has 1 aliphatic rings. The van der Waals surface area contributed by atoms with Gasteiger partial charge in [0.15, 0.2) is 18.1 Å². The molecule has 3 rings (SSSR count). The Labute approximate surface area is 166 Å². The van der Waals surface area contributed by atoms with E-state index in [4.69, 9.17) is 14.2 Å². The zero-order valence-electron chi connectivity index (χ0n) is 15.5. The van der Waals surface area contributed by atoms with Crippen LogP contribution in [-0.2, 0) is 14.3 Å². The minimum Gasteiger partial charge on any atom is -0.454 e. The van der Waals surface area contributed by atoms with Gasteiger partial charge in [-0.2, -0.15) is 0 Å². The number of benzene rings is 2. The van der Waals surface area contributed by atoms with Crippen LogP contribution in [0.2, 0.25) is 0 Å². The fraction of sp³-hybridized carbons (Fsp3) is 0.200. The van der Waals surface area contributed by atoms with Crippen LogP contribution in [0.4, 0.5) is 5.69 Å². The van der Waals surface area contributed by atoms with Crippen molar-refractivity contribution in [3.63, 3.8) is 0 Å². The lowest BCUT2D eigenvalue weighted by molar-refractivity contribution is -0.385. The lowest BCUT2D eigenvalue weighted by Crippen LogP contribution is -2.30. The molecule has 1 amide bonds. The van der Waals surface area contributed by atoms with Crippen LogP contribution in [-0.4, -0.2) is 30.2 Å². The second-order valence-electron chi connectivity index (χ2n) is 6.16. The van der Waals surface area contributed by atoms with Crippen LogP contribution >= 0.6 is 0 Å². The molecular formula is C20H18N2O7. The van der Waals surface area contributed by atoms with Gasteiger partial charge in [-0.3, -0.25) is 14.9 Å². The molecule has 1 heterocycles. The predicted molar refractivity (Wildman–Crippen MR) is 102 cm³/mol. The molecule has 0 saturated carbocycles. The molecule has 2 aromatic rings. The Morgan fingerprint density at radius 1 is 1.24 bits per heavy atom. The number of nitrogens with zero attached hydrogens (tertiary/aromatic N) is 1. The average molecular weight is 398 g/mol. The van der Waals surface area contributed by atoms with Crippen LogP contribution in [0, 0.1) is 10.1 Å². The minimum absolute atomic E-state index is 0.0296.